The zero-order valence-corrected chi connectivity index (χ0v) is 11.1. The Hall–Kier alpha value is -1.81. The van der Waals surface area contributed by atoms with Gasteiger partial charge in [0.2, 0.25) is 5.28 Å². The minimum Gasteiger partial charge on any atom is -0.394 e. The van der Waals surface area contributed by atoms with Crippen molar-refractivity contribution in [3.05, 3.63) is 41.3 Å². The minimum absolute atomic E-state index is 0.199. The lowest BCUT2D eigenvalue weighted by atomic mass is 10.2. The highest BCUT2D eigenvalue weighted by Crippen LogP contribution is 2.28. The van der Waals surface area contributed by atoms with Crippen molar-refractivity contribution in [1.29, 1.82) is 0 Å². The quantitative estimate of drug-likeness (QED) is 0.863. The van der Waals surface area contributed by atoms with Crippen LogP contribution in [0.4, 0.5) is 17.2 Å². The van der Waals surface area contributed by atoms with E-state index >= 15 is 0 Å². The second kappa shape index (κ2) is 5.23. The zero-order chi connectivity index (χ0) is 13.1. The SMILES string of the molecule is CCN(c1cccc(C)c1)c1nc(Cl)ncc1N. The molecule has 0 amide bonds. The molecule has 1 aromatic carbocycles. The van der Waals surface area contributed by atoms with Crippen molar-refractivity contribution >= 4 is 28.8 Å². The number of aromatic nitrogens is 2. The number of rotatable bonds is 3. The molecule has 0 fully saturated rings. The Morgan fingerprint density at radius 3 is 2.83 bits per heavy atom. The lowest BCUT2D eigenvalue weighted by Gasteiger charge is -2.23. The van der Waals surface area contributed by atoms with Crippen molar-refractivity contribution in [3.8, 4) is 0 Å². The van der Waals surface area contributed by atoms with Gasteiger partial charge in [-0.15, -0.1) is 0 Å². The van der Waals surface area contributed by atoms with Crippen molar-refractivity contribution in [3.63, 3.8) is 0 Å². The van der Waals surface area contributed by atoms with Gasteiger partial charge in [0, 0.05) is 12.2 Å². The smallest absolute Gasteiger partial charge is 0.224 e. The van der Waals surface area contributed by atoms with Crippen LogP contribution in [0.5, 0.6) is 0 Å². The number of nitrogen functional groups attached to an aromatic ring is 1. The number of aryl methyl sites for hydroxylation is 1. The van der Waals surface area contributed by atoms with Crippen molar-refractivity contribution < 1.29 is 0 Å². The van der Waals surface area contributed by atoms with Gasteiger partial charge in [-0.25, -0.2) is 4.98 Å². The van der Waals surface area contributed by atoms with E-state index in [1.165, 1.54) is 11.8 Å². The number of anilines is 3. The summed E-state index contributed by atoms with van der Waals surface area (Å²) in [6.07, 6.45) is 1.53. The standard InChI is InChI=1S/C13H15ClN4/c1-3-18(10-6-4-5-9(2)7-10)12-11(15)8-16-13(14)17-12/h4-8H,3,15H2,1-2H3. The maximum atomic E-state index is 5.92. The summed E-state index contributed by atoms with van der Waals surface area (Å²) in [5.41, 5.74) is 8.66. The first kappa shape index (κ1) is 12.6. The third-order valence-electron chi connectivity index (χ3n) is 2.65. The third-order valence-corrected chi connectivity index (χ3v) is 2.83. The minimum atomic E-state index is 0.199. The second-order valence-corrected chi connectivity index (χ2v) is 4.34. The lowest BCUT2D eigenvalue weighted by Crippen LogP contribution is -2.19. The number of benzene rings is 1. The number of nitrogens with two attached hydrogens (primary N) is 1. The van der Waals surface area contributed by atoms with Crippen LogP contribution >= 0.6 is 11.6 Å². The first-order chi connectivity index (χ1) is 8.61. The van der Waals surface area contributed by atoms with Gasteiger partial charge in [0.15, 0.2) is 5.82 Å². The Kier molecular flexibility index (Phi) is 3.67. The second-order valence-electron chi connectivity index (χ2n) is 4.00. The molecule has 0 bridgehead atoms. The molecule has 2 rings (SSSR count). The molecule has 0 saturated carbocycles. The fourth-order valence-electron chi connectivity index (χ4n) is 1.83. The van der Waals surface area contributed by atoms with Gasteiger partial charge in [-0.05, 0) is 43.1 Å². The Morgan fingerprint density at radius 2 is 2.17 bits per heavy atom. The van der Waals surface area contributed by atoms with Crippen LogP contribution in [-0.4, -0.2) is 16.5 Å². The van der Waals surface area contributed by atoms with Gasteiger partial charge >= 0.3 is 0 Å². The molecule has 94 valence electrons. The summed E-state index contributed by atoms with van der Waals surface area (Å²) in [6, 6.07) is 8.16. The molecular weight excluding hydrogens is 248 g/mol. The Balaban J connectivity index is 2.48. The van der Waals surface area contributed by atoms with Crippen molar-refractivity contribution in [2.45, 2.75) is 13.8 Å². The van der Waals surface area contributed by atoms with Gasteiger partial charge in [0.1, 0.15) is 0 Å². The van der Waals surface area contributed by atoms with Crippen LogP contribution in [0, 0.1) is 6.92 Å². The monoisotopic (exact) mass is 262 g/mol. The first-order valence-electron chi connectivity index (χ1n) is 5.74. The Labute approximate surface area is 111 Å². The zero-order valence-electron chi connectivity index (χ0n) is 10.4. The summed E-state index contributed by atoms with van der Waals surface area (Å²) in [5.74, 6) is 0.642. The fourth-order valence-corrected chi connectivity index (χ4v) is 1.96. The predicted octanol–water partition coefficient (Wildman–Crippen LogP) is 3.18. The highest BCUT2D eigenvalue weighted by atomic mass is 35.5. The van der Waals surface area contributed by atoms with Crippen LogP contribution in [-0.2, 0) is 0 Å². The summed E-state index contributed by atoms with van der Waals surface area (Å²) in [4.78, 5) is 10.1. The number of hydrogen-bond acceptors (Lipinski definition) is 4. The van der Waals surface area contributed by atoms with Gasteiger partial charge in [0.05, 0.1) is 11.9 Å². The van der Waals surface area contributed by atoms with E-state index in [1.54, 1.807) is 0 Å². The molecule has 1 aromatic heterocycles. The van der Waals surface area contributed by atoms with E-state index in [9.17, 15) is 0 Å². The summed E-state index contributed by atoms with van der Waals surface area (Å²) in [6.45, 7) is 4.84. The van der Waals surface area contributed by atoms with E-state index in [0.29, 0.717) is 11.5 Å². The van der Waals surface area contributed by atoms with Crippen LogP contribution in [0.15, 0.2) is 30.5 Å². The van der Waals surface area contributed by atoms with Crippen molar-refractivity contribution in [2.24, 2.45) is 0 Å². The molecule has 0 radical (unpaired) electrons. The molecule has 1 heterocycles. The van der Waals surface area contributed by atoms with Crippen LogP contribution in [0.3, 0.4) is 0 Å². The summed E-state index contributed by atoms with van der Waals surface area (Å²) in [5, 5.41) is 0.199. The molecule has 5 heteroatoms. The molecule has 2 aromatic rings. The van der Waals surface area contributed by atoms with Crippen molar-refractivity contribution in [1.82, 2.24) is 9.97 Å². The van der Waals surface area contributed by atoms with Gasteiger partial charge in [-0.1, -0.05) is 12.1 Å². The van der Waals surface area contributed by atoms with Crippen LogP contribution in [0.2, 0.25) is 5.28 Å². The first-order valence-corrected chi connectivity index (χ1v) is 6.12. The summed E-state index contributed by atoms with van der Waals surface area (Å²) in [7, 11) is 0. The molecule has 0 unspecified atom stereocenters. The van der Waals surface area contributed by atoms with E-state index in [4.69, 9.17) is 17.3 Å². The Bertz CT molecular complexity index is 556. The predicted molar refractivity (Wildman–Crippen MR) is 75.3 cm³/mol. The average Bonchev–Trinajstić information content (AvgIpc) is 2.35. The number of hydrogen-bond donors (Lipinski definition) is 1. The topological polar surface area (TPSA) is 55.0 Å². The molecule has 0 aliphatic heterocycles. The van der Waals surface area contributed by atoms with E-state index in [2.05, 4.69) is 16.0 Å². The normalized spacial score (nSPS) is 10.4. The van der Waals surface area contributed by atoms with E-state index in [0.717, 1.165) is 12.2 Å². The van der Waals surface area contributed by atoms with Crippen LogP contribution in [0.25, 0.3) is 0 Å². The molecule has 0 atom stereocenters. The number of nitrogens with zero attached hydrogens (tertiary/aromatic N) is 3. The highest BCUT2D eigenvalue weighted by molar-refractivity contribution is 6.28. The average molecular weight is 263 g/mol. The maximum Gasteiger partial charge on any atom is 0.224 e. The maximum absolute atomic E-state index is 5.92. The molecule has 18 heavy (non-hydrogen) atoms. The molecule has 0 spiro atoms. The van der Waals surface area contributed by atoms with E-state index in [-0.39, 0.29) is 5.28 Å². The molecule has 0 aliphatic rings. The van der Waals surface area contributed by atoms with Crippen molar-refractivity contribution in [2.75, 3.05) is 17.2 Å². The van der Waals surface area contributed by atoms with Gasteiger partial charge in [0.25, 0.3) is 0 Å². The lowest BCUT2D eigenvalue weighted by molar-refractivity contribution is 0.978. The fraction of sp³-hybridized carbons (Fsp3) is 0.231. The molecular formula is C13H15ClN4. The molecule has 2 N–H and O–H groups in total. The molecule has 0 saturated heterocycles. The van der Waals surface area contributed by atoms with E-state index < -0.39 is 0 Å². The van der Waals surface area contributed by atoms with Crippen LogP contribution < -0.4 is 10.6 Å². The summed E-state index contributed by atoms with van der Waals surface area (Å²) < 4.78 is 0. The van der Waals surface area contributed by atoms with Crippen LogP contribution in [0.1, 0.15) is 12.5 Å². The van der Waals surface area contributed by atoms with Gasteiger partial charge < -0.3 is 10.6 Å². The highest BCUT2D eigenvalue weighted by Gasteiger charge is 2.13. The van der Waals surface area contributed by atoms with Gasteiger partial charge in [-0.3, -0.25) is 0 Å². The number of halogens is 1. The Morgan fingerprint density at radius 1 is 1.39 bits per heavy atom. The third kappa shape index (κ3) is 2.54. The molecule has 0 aliphatic carbocycles. The molecule has 4 nitrogen and oxygen atoms in total. The van der Waals surface area contributed by atoms with E-state index in [1.807, 2.05) is 36.9 Å². The largest absolute Gasteiger partial charge is 0.394 e. The van der Waals surface area contributed by atoms with Gasteiger partial charge in [-0.2, -0.15) is 4.98 Å². The summed E-state index contributed by atoms with van der Waals surface area (Å²) >= 11 is 5.83.